The molecule has 1 aromatic carbocycles. The number of ether oxygens (including phenoxy) is 1. The number of hydrogen-bond acceptors (Lipinski definition) is 3. The summed E-state index contributed by atoms with van der Waals surface area (Å²) in [6.45, 7) is 0. The zero-order valence-corrected chi connectivity index (χ0v) is 8.28. The molecule has 0 fully saturated rings. The summed E-state index contributed by atoms with van der Waals surface area (Å²) in [5.74, 6) is -0.139. The first-order valence-corrected chi connectivity index (χ1v) is 4.53. The van der Waals surface area contributed by atoms with Crippen molar-refractivity contribution in [1.82, 2.24) is 9.97 Å². The van der Waals surface area contributed by atoms with Gasteiger partial charge in [0.25, 0.3) is 0 Å². The van der Waals surface area contributed by atoms with E-state index in [0.29, 0.717) is 0 Å². The van der Waals surface area contributed by atoms with E-state index in [9.17, 15) is 4.39 Å². The highest BCUT2D eigenvalue weighted by atomic mass is 35.5. The largest absolute Gasteiger partial charge is 0.436 e. The van der Waals surface area contributed by atoms with Gasteiger partial charge in [-0.25, -0.2) is 14.4 Å². The molecule has 0 radical (unpaired) electrons. The summed E-state index contributed by atoms with van der Waals surface area (Å²) in [6.07, 6.45) is 1.25. The van der Waals surface area contributed by atoms with Gasteiger partial charge >= 0.3 is 0 Å². The fraction of sp³-hybridized carbons (Fsp3) is 0. The van der Waals surface area contributed by atoms with E-state index in [1.807, 2.05) is 0 Å². The van der Waals surface area contributed by atoms with Crippen LogP contribution < -0.4 is 4.74 Å². The van der Waals surface area contributed by atoms with Crippen molar-refractivity contribution in [3.8, 4) is 11.6 Å². The normalized spacial score (nSPS) is 10.0. The Hall–Kier alpha value is -1.68. The predicted octanol–water partition coefficient (Wildman–Crippen LogP) is 3.06. The van der Waals surface area contributed by atoms with E-state index in [1.165, 1.54) is 24.5 Å². The molecule has 2 rings (SSSR count). The monoisotopic (exact) mass is 224 g/mol. The Morgan fingerprint density at radius 1 is 1.20 bits per heavy atom. The minimum absolute atomic E-state index is 0.104. The van der Waals surface area contributed by atoms with Gasteiger partial charge in [-0.15, -0.1) is 0 Å². The second-order valence-electron chi connectivity index (χ2n) is 2.71. The van der Waals surface area contributed by atoms with Crippen molar-refractivity contribution in [2.45, 2.75) is 0 Å². The number of hydrogen-bond donors (Lipinski definition) is 0. The van der Waals surface area contributed by atoms with Crippen molar-refractivity contribution < 1.29 is 9.13 Å². The molecule has 0 unspecified atom stereocenters. The molecule has 3 nitrogen and oxygen atoms in total. The van der Waals surface area contributed by atoms with E-state index in [0.717, 1.165) is 0 Å². The van der Waals surface area contributed by atoms with E-state index >= 15 is 0 Å². The number of halogens is 2. The Kier molecular flexibility index (Phi) is 2.78. The van der Waals surface area contributed by atoms with Crippen LogP contribution in [0.5, 0.6) is 11.6 Å². The van der Waals surface area contributed by atoms with Crippen LogP contribution in [-0.4, -0.2) is 9.97 Å². The Morgan fingerprint density at radius 3 is 2.73 bits per heavy atom. The molecule has 0 aliphatic heterocycles. The fourth-order valence-electron chi connectivity index (χ4n) is 1.01. The SMILES string of the molecule is Fc1ccccc1Oc1cc(Cl)ncn1. The predicted molar refractivity (Wildman–Crippen MR) is 53.5 cm³/mol. The van der Waals surface area contributed by atoms with Gasteiger partial charge in [-0.2, -0.15) is 0 Å². The number of nitrogens with zero attached hydrogens (tertiary/aromatic N) is 2. The summed E-state index contributed by atoms with van der Waals surface area (Å²) in [5, 5.41) is 0.247. The quantitative estimate of drug-likeness (QED) is 0.736. The Morgan fingerprint density at radius 2 is 2.00 bits per heavy atom. The van der Waals surface area contributed by atoms with Gasteiger partial charge in [0, 0.05) is 6.07 Å². The molecule has 0 aliphatic rings. The Balaban J connectivity index is 2.26. The van der Waals surface area contributed by atoms with Crippen molar-refractivity contribution in [2.24, 2.45) is 0 Å². The lowest BCUT2D eigenvalue weighted by atomic mass is 10.3. The third kappa shape index (κ3) is 2.41. The van der Waals surface area contributed by atoms with Crippen LogP contribution in [0, 0.1) is 5.82 Å². The molecule has 0 aliphatic carbocycles. The number of benzene rings is 1. The molecule has 0 atom stereocenters. The van der Waals surface area contributed by atoms with Crippen LogP contribution in [-0.2, 0) is 0 Å². The van der Waals surface area contributed by atoms with Crippen LogP contribution in [0.4, 0.5) is 4.39 Å². The van der Waals surface area contributed by atoms with E-state index in [1.54, 1.807) is 12.1 Å². The van der Waals surface area contributed by atoms with Crippen LogP contribution in [0.15, 0.2) is 36.7 Å². The van der Waals surface area contributed by atoms with Crippen molar-refractivity contribution in [2.75, 3.05) is 0 Å². The summed E-state index contributed by atoms with van der Waals surface area (Å²) in [5.41, 5.74) is 0. The minimum Gasteiger partial charge on any atom is -0.436 e. The van der Waals surface area contributed by atoms with Crippen LogP contribution in [0.2, 0.25) is 5.15 Å². The summed E-state index contributed by atoms with van der Waals surface area (Å²) in [7, 11) is 0. The van der Waals surface area contributed by atoms with Crippen molar-refractivity contribution in [3.63, 3.8) is 0 Å². The zero-order chi connectivity index (χ0) is 10.7. The maximum absolute atomic E-state index is 13.2. The summed E-state index contributed by atoms with van der Waals surface area (Å²) >= 11 is 5.63. The Bertz CT molecular complexity index is 478. The molecule has 0 bridgehead atoms. The molecular weight excluding hydrogens is 219 g/mol. The molecule has 2 aromatic rings. The van der Waals surface area contributed by atoms with Crippen molar-refractivity contribution in [1.29, 1.82) is 0 Å². The van der Waals surface area contributed by atoms with Crippen LogP contribution >= 0.6 is 11.6 Å². The van der Waals surface area contributed by atoms with Gasteiger partial charge in [-0.3, -0.25) is 0 Å². The molecule has 1 heterocycles. The first kappa shape index (κ1) is 9.86. The van der Waals surface area contributed by atoms with Crippen LogP contribution in [0.1, 0.15) is 0 Å². The van der Waals surface area contributed by atoms with Gasteiger partial charge in [0.2, 0.25) is 5.88 Å². The molecule has 1 aromatic heterocycles. The molecule has 5 heteroatoms. The van der Waals surface area contributed by atoms with Gasteiger partial charge in [-0.05, 0) is 12.1 Å². The van der Waals surface area contributed by atoms with E-state index < -0.39 is 5.82 Å². The maximum atomic E-state index is 13.2. The minimum atomic E-state index is -0.452. The smallest absolute Gasteiger partial charge is 0.223 e. The second kappa shape index (κ2) is 4.23. The lowest BCUT2D eigenvalue weighted by molar-refractivity contribution is 0.426. The highest BCUT2D eigenvalue weighted by Gasteiger charge is 2.04. The molecule has 0 amide bonds. The van der Waals surface area contributed by atoms with Crippen LogP contribution in [0.3, 0.4) is 0 Å². The van der Waals surface area contributed by atoms with Crippen LogP contribution in [0.25, 0.3) is 0 Å². The Labute approximate surface area is 90.5 Å². The topological polar surface area (TPSA) is 35.0 Å². The summed E-state index contributed by atoms with van der Waals surface area (Å²) < 4.78 is 18.4. The average molecular weight is 225 g/mol. The summed E-state index contributed by atoms with van der Waals surface area (Å²) in [4.78, 5) is 7.48. The van der Waals surface area contributed by atoms with Gasteiger partial charge < -0.3 is 4.74 Å². The molecule has 0 N–H and O–H groups in total. The number of rotatable bonds is 2. The second-order valence-corrected chi connectivity index (χ2v) is 3.10. The van der Waals surface area contributed by atoms with Crippen molar-refractivity contribution in [3.05, 3.63) is 47.6 Å². The van der Waals surface area contributed by atoms with E-state index in [-0.39, 0.29) is 16.8 Å². The molecule has 76 valence electrons. The lowest BCUT2D eigenvalue weighted by Crippen LogP contribution is -1.91. The van der Waals surface area contributed by atoms with Gasteiger partial charge in [0.05, 0.1) is 0 Å². The standard InChI is InChI=1S/C10H6ClFN2O/c11-9-5-10(14-6-13-9)15-8-4-2-1-3-7(8)12/h1-6H. The van der Waals surface area contributed by atoms with Gasteiger partial charge in [0.15, 0.2) is 11.6 Å². The maximum Gasteiger partial charge on any atom is 0.223 e. The molecule has 0 saturated carbocycles. The summed E-state index contributed by atoms with van der Waals surface area (Å²) in [6, 6.07) is 7.47. The lowest BCUT2D eigenvalue weighted by Gasteiger charge is -2.04. The first-order chi connectivity index (χ1) is 7.25. The molecule has 0 spiro atoms. The van der Waals surface area contributed by atoms with E-state index in [4.69, 9.17) is 16.3 Å². The fourth-order valence-corrected chi connectivity index (χ4v) is 1.15. The highest BCUT2D eigenvalue weighted by Crippen LogP contribution is 2.22. The third-order valence-corrected chi connectivity index (χ3v) is 1.87. The number of aromatic nitrogens is 2. The van der Waals surface area contributed by atoms with Gasteiger partial charge in [0.1, 0.15) is 11.5 Å². The van der Waals surface area contributed by atoms with Crippen molar-refractivity contribution >= 4 is 11.6 Å². The zero-order valence-electron chi connectivity index (χ0n) is 7.52. The third-order valence-electron chi connectivity index (χ3n) is 1.66. The first-order valence-electron chi connectivity index (χ1n) is 4.15. The van der Waals surface area contributed by atoms with Gasteiger partial charge in [-0.1, -0.05) is 23.7 Å². The molecule has 0 saturated heterocycles. The van der Waals surface area contributed by atoms with E-state index in [2.05, 4.69) is 9.97 Å². The highest BCUT2D eigenvalue weighted by molar-refractivity contribution is 6.29. The number of para-hydroxylation sites is 1. The molecule has 15 heavy (non-hydrogen) atoms. The molecular formula is C10H6ClFN2O. The average Bonchev–Trinajstić information content (AvgIpc) is 2.22.